The molecule has 0 aliphatic heterocycles. The minimum atomic E-state index is -0.840. The van der Waals surface area contributed by atoms with Gasteiger partial charge in [-0.1, -0.05) is 5.16 Å². The van der Waals surface area contributed by atoms with E-state index in [1.807, 2.05) is 36.1 Å². The number of hydrogen-bond acceptors (Lipinski definition) is 6. The van der Waals surface area contributed by atoms with Gasteiger partial charge in [-0.2, -0.15) is 4.98 Å². The molecular weight excluding hydrogens is 310 g/mol. The highest BCUT2D eigenvalue weighted by atomic mass is 16.5. The average molecular weight is 331 g/mol. The highest BCUT2D eigenvalue weighted by molar-refractivity contribution is 5.73. The van der Waals surface area contributed by atoms with Gasteiger partial charge in [-0.15, -0.1) is 0 Å². The monoisotopic (exact) mass is 331 g/mol. The largest absolute Gasteiger partial charge is 0.494 e. The Balaban J connectivity index is 1.71. The second-order valence-corrected chi connectivity index (χ2v) is 5.89. The zero-order valence-corrected chi connectivity index (χ0v) is 13.8. The molecule has 3 rings (SSSR count). The first-order chi connectivity index (χ1) is 11.6. The van der Waals surface area contributed by atoms with Crippen molar-refractivity contribution in [3.05, 3.63) is 30.2 Å². The van der Waals surface area contributed by atoms with Crippen molar-refractivity contribution in [2.45, 2.75) is 45.3 Å². The minimum absolute atomic E-state index is 0.289. The van der Waals surface area contributed by atoms with E-state index in [1.165, 1.54) is 0 Å². The lowest BCUT2D eigenvalue weighted by molar-refractivity contribution is -0.143. The standard InChI is InChI=1S/C17H21N3O4/c1-3-23-14-8-4-12(5-9-14)16-18-15(24-19-16)10-20(13-6-7-13)11(2)17(21)22/h4-5,8-9,11,13H,3,6-7,10H2,1-2H3,(H,21,22). The van der Waals surface area contributed by atoms with E-state index in [9.17, 15) is 9.90 Å². The van der Waals surface area contributed by atoms with Crippen LogP contribution < -0.4 is 4.74 Å². The lowest BCUT2D eigenvalue weighted by atomic mass is 10.2. The molecule has 24 heavy (non-hydrogen) atoms. The van der Waals surface area contributed by atoms with Crippen molar-refractivity contribution in [3.8, 4) is 17.1 Å². The average Bonchev–Trinajstić information content (AvgIpc) is 3.31. The van der Waals surface area contributed by atoms with Crippen molar-refractivity contribution in [1.29, 1.82) is 0 Å². The number of carbonyl (C=O) groups is 1. The molecule has 1 saturated carbocycles. The van der Waals surface area contributed by atoms with Crippen LogP contribution in [0.2, 0.25) is 0 Å². The third-order valence-electron chi connectivity index (χ3n) is 4.08. The van der Waals surface area contributed by atoms with Crippen LogP contribution in [-0.4, -0.2) is 44.8 Å². The van der Waals surface area contributed by atoms with Crippen LogP contribution in [0.15, 0.2) is 28.8 Å². The molecule has 7 nitrogen and oxygen atoms in total. The number of carboxylic acids is 1. The van der Waals surface area contributed by atoms with Crippen molar-refractivity contribution in [2.24, 2.45) is 0 Å². The molecule has 1 aliphatic carbocycles. The molecule has 7 heteroatoms. The molecule has 0 amide bonds. The molecule has 1 unspecified atom stereocenters. The summed E-state index contributed by atoms with van der Waals surface area (Å²) in [6.07, 6.45) is 2.02. The summed E-state index contributed by atoms with van der Waals surface area (Å²) in [4.78, 5) is 17.6. The predicted molar refractivity (Wildman–Crippen MR) is 86.6 cm³/mol. The fourth-order valence-corrected chi connectivity index (χ4v) is 2.59. The SMILES string of the molecule is CCOc1ccc(-c2noc(CN(C3CC3)C(C)C(=O)O)n2)cc1. The summed E-state index contributed by atoms with van der Waals surface area (Å²) in [5, 5.41) is 13.2. The van der Waals surface area contributed by atoms with Crippen LogP contribution in [0.25, 0.3) is 11.4 Å². The van der Waals surface area contributed by atoms with E-state index < -0.39 is 12.0 Å². The Morgan fingerprint density at radius 2 is 2.12 bits per heavy atom. The number of rotatable bonds is 8. The number of ether oxygens (including phenoxy) is 1. The van der Waals surface area contributed by atoms with Gasteiger partial charge in [0.25, 0.3) is 0 Å². The van der Waals surface area contributed by atoms with Gasteiger partial charge >= 0.3 is 5.97 Å². The lowest BCUT2D eigenvalue weighted by Crippen LogP contribution is -2.40. The molecule has 1 aromatic carbocycles. The van der Waals surface area contributed by atoms with E-state index in [0.717, 1.165) is 24.2 Å². The van der Waals surface area contributed by atoms with Crippen molar-refractivity contribution < 1.29 is 19.2 Å². The fourth-order valence-electron chi connectivity index (χ4n) is 2.59. The molecule has 1 atom stereocenters. The van der Waals surface area contributed by atoms with Crippen molar-refractivity contribution >= 4 is 5.97 Å². The molecule has 1 aromatic heterocycles. The maximum atomic E-state index is 11.3. The summed E-state index contributed by atoms with van der Waals surface area (Å²) in [7, 11) is 0. The minimum Gasteiger partial charge on any atom is -0.494 e. The van der Waals surface area contributed by atoms with Crippen LogP contribution in [0.4, 0.5) is 0 Å². The Hall–Kier alpha value is -2.41. The maximum Gasteiger partial charge on any atom is 0.320 e. The second-order valence-electron chi connectivity index (χ2n) is 5.89. The second kappa shape index (κ2) is 7.00. The van der Waals surface area contributed by atoms with E-state index in [1.54, 1.807) is 6.92 Å². The third-order valence-corrected chi connectivity index (χ3v) is 4.08. The van der Waals surface area contributed by atoms with Crippen LogP contribution in [0.1, 0.15) is 32.6 Å². The van der Waals surface area contributed by atoms with Gasteiger partial charge in [-0.25, -0.2) is 0 Å². The first-order valence-corrected chi connectivity index (χ1v) is 8.13. The molecule has 128 valence electrons. The zero-order chi connectivity index (χ0) is 17.1. The number of hydrogen-bond donors (Lipinski definition) is 1. The van der Waals surface area contributed by atoms with Crippen molar-refractivity contribution in [2.75, 3.05) is 6.61 Å². The van der Waals surface area contributed by atoms with Gasteiger partial charge < -0.3 is 14.4 Å². The van der Waals surface area contributed by atoms with Crippen LogP contribution >= 0.6 is 0 Å². The first kappa shape index (κ1) is 16.4. The normalized spacial score (nSPS) is 15.5. The van der Waals surface area contributed by atoms with Gasteiger partial charge in [0.1, 0.15) is 11.8 Å². The van der Waals surface area contributed by atoms with E-state index in [-0.39, 0.29) is 6.04 Å². The summed E-state index contributed by atoms with van der Waals surface area (Å²) in [5.74, 6) is 0.874. The summed E-state index contributed by atoms with van der Waals surface area (Å²) < 4.78 is 10.7. The van der Waals surface area contributed by atoms with E-state index >= 15 is 0 Å². The molecule has 0 radical (unpaired) electrons. The topological polar surface area (TPSA) is 88.7 Å². The van der Waals surface area contributed by atoms with Gasteiger partial charge in [0.15, 0.2) is 0 Å². The van der Waals surface area contributed by atoms with Crippen LogP contribution in [0, 0.1) is 0 Å². The van der Waals surface area contributed by atoms with E-state index in [2.05, 4.69) is 10.1 Å². The Labute approximate surface area is 140 Å². The molecular formula is C17H21N3O4. The molecule has 1 aliphatic rings. The Morgan fingerprint density at radius 1 is 1.42 bits per heavy atom. The van der Waals surface area contributed by atoms with Crippen LogP contribution in [-0.2, 0) is 11.3 Å². The molecule has 1 heterocycles. The van der Waals surface area contributed by atoms with Gasteiger partial charge in [-0.3, -0.25) is 9.69 Å². The number of aliphatic carboxylic acids is 1. The predicted octanol–water partition coefficient (Wildman–Crippen LogP) is 2.57. The summed E-state index contributed by atoms with van der Waals surface area (Å²) in [6.45, 7) is 4.58. The fraction of sp³-hybridized carbons (Fsp3) is 0.471. The van der Waals surface area contributed by atoms with Crippen molar-refractivity contribution in [1.82, 2.24) is 15.0 Å². The van der Waals surface area contributed by atoms with E-state index in [4.69, 9.17) is 9.26 Å². The van der Waals surface area contributed by atoms with Crippen LogP contribution in [0.5, 0.6) is 5.75 Å². The number of carboxylic acid groups (broad SMARTS) is 1. The highest BCUT2D eigenvalue weighted by Gasteiger charge is 2.36. The van der Waals surface area contributed by atoms with Crippen LogP contribution in [0.3, 0.4) is 0 Å². The summed E-state index contributed by atoms with van der Waals surface area (Å²) in [5.41, 5.74) is 0.831. The Bertz CT molecular complexity index is 694. The maximum absolute atomic E-state index is 11.3. The first-order valence-electron chi connectivity index (χ1n) is 8.13. The van der Waals surface area contributed by atoms with Crippen molar-refractivity contribution in [3.63, 3.8) is 0 Å². The molecule has 2 aromatic rings. The van der Waals surface area contributed by atoms with Gasteiger partial charge in [-0.05, 0) is 51.0 Å². The summed E-state index contributed by atoms with van der Waals surface area (Å²) >= 11 is 0. The number of nitrogens with zero attached hydrogens (tertiary/aromatic N) is 3. The Kier molecular flexibility index (Phi) is 4.80. The van der Waals surface area contributed by atoms with Gasteiger partial charge in [0.2, 0.25) is 11.7 Å². The number of benzene rings is 1. The van der Waals surface area contributed by atoms with Gasteiger partial charge in [0.05, 0.1) is 13.2 Å². The molecule has 1 fully saturated rings. The Morgan fingerprint density at radius 3 is 2.71 bits per heavy atom. The molecule has 0 spiro atoms. The highest BCUT2D eigenvalue weighted by Crippen LogP contribution is 2.30. The lowest BCUT2D eigenvalue weighted by Gasteiger charge is -2.24. The van der Waals surface area contributed by atoms with Gasteiger partial charge in [0, 0.05) is 11.6 Å². The zero-order valence-electron chi connectivity index (χ0n) is 13.8. The molecule has 0 saturated heterocycles. The van der Waals surface area contributed by atoms with E-state index in [0.29, 0.717) is 24.9 Å². The number of aromatic nitrogens is 2. The quantitative estimate of drug-likeness (QED) is 0.795. The smallest absolute Gasteiger partial charge is 0.320 e. The third kappa shape index (κ3) is 3.73. The molecule has 0 bridgehead atoms. The molecule has 1 N–H and O–H groups in total. The summed E-state index contributed by atoms with van der Waals surface area (Å²) in [6, 6.07) is 7.18.